The van der Waals surface area contributed by atoms with E-state index in [0.717, 1.165) is 30.0 Å². The van der Waals surface area contributed by atoms with Gasteiger partial charge in [0.15, 0.2) is 11.5 Å². The Morgan fingerprint density at radius 1 is 1.35 bits per heavy atom. The van der Waals surface area contributed by atoms with Crippen molar-refractivity contribution in [3.63, 3.8) is 0 Å². The molecule has 0 bridgehead atoms. The minimum absolute atomic E-state index is 0.199. The number of aromatic nitrogens is 2. The highest BCUT2D eigenvalue weighted by Gasteiger charge is 2.17. The number of rotatable bonds is 5. The molecule has 0 amide bonds. The van der Waals surface area contributed by atoms with Gasteiger partial charge in [-0.25, -0.2) is 4.98 Å². The number of benzene rings is 1. The monoisotopic (exact) mass is 335 g/mol. The molecule has 5 nitrogen and oxygen atoms in total. The average Bonchev–Trinajstić information content (AvgIpc) is 2.82. The van der Waals surface area contributed by atoms with Crippen molar-refractivity contribution in [2.45, 2.75) is 32.4 Å². The summed E-state index contributed by atoms with van der Waals surface area (Å²) in [6.07, 6.45) is 5.62. The first kappa shape index (κ1) is 16.1. The average molecular weight is 336 g/mol. The predicted molar refractivity (Wildman–Crippen MR) is 90.1 cm³/mol. The van der Waals surface area contributed by atoms with Crippen LogP contribution in [0.15, 0.2) is 24.5 Å². The number of aryl methyl sites for hydroxylation is 1. The van der Waals surface area contributed by atoms with Crippen LogP contribution >= 0.6 is 11.6 Å². The van der Waals surface area contributed by atoms with E-state index in [-0.39, 0.29) is 6.04 Å². The maximum atomic E-state index is 6.34. The van der Waals surface area contributed by atoms with Gasteiger partial charge in [-0.3, -0.25) is 0 Å². The SMILES string of the molecule is CCC(NCc1cc(Cl)c2c(c1)OCCCO2)c1nccn1C. The number of imidazole rings is 1. The lowest BCUT2D eigenvalue weighted by Gasteiger charge is -2.18. The summed E-state index contributed by atoms with van der Waals surface area (Å²) in [5.41, 5.74) is 1.08. The van der Waals surface area contributed by atoms with Gasteiger partial charge in [-0.2, -0.15) is 0 Å². The van der Waals surface area contributed by atoms with E-state index in [1.165, 1.54) is 0 Å². The van der Waals surface area contributed by atoms with Crippen LogP contribution < -0.4 is 14.8 Å². The predicted octanol–water partition coefficient (Wildman–Crippen LogP) is 3.48. The molecule has 23 heavy (non-hydrogen) atoms. The Morgan fingerprint density at radius 3 is 2.91 bits per heavy atom. The van der Waals surface area contributed by atoms with Crippen LogP contribution in [0.1, 0.15) is 37.2 Å². The van der Waals surface area contributed by atoms with Crippen LogP contribution in [0.5, 0.6) is 11.5 Å². The maximum absolute atomic E-state index is 6.34. The van der Waals surface area contributed by atoms with E-state index in [1.807, 2.05) is 36.1 Å². The summed E-state index contributed by atoms with van der Waals surface area (Å²) < 4.78 is 13.4. The molecule has 3 rings (SSSR count). The first-order valence-corrected chi connectivity index (χ1v) is 8.35. The van der Waals surface area contributed by atoms with Crippen molar-refractivity contribution in [2.24, 2.45) is 7.05 Å². The van der Waals surface area contributed by atoms with Gasteiger partial charge in [-0.15, -0.1) is 0 Å². The Labute approximate surface area is 141 Å². The molecule has 0 spiro atoms. The third-order valence-corrected chi connectivity index (χ3v) is 4.27. The zero-order valence-electron chi connectivity index (χ0n) is 13.5. The molecule has 1 N–H and O–H groups in total. The van der Waals surface area contributed by atoms with Crippen molar-refractivity contribution in [2.75, 3.05) is 13.2 Å². The van der Waals surface area contributed by atoms with E-state index in [2.05, 4.69) is 17.2 Å². The molecular weight excluding hydrogens is 314 g/mol. The van der Waals surface area contributed by atoms with Gasteiger partial charge in [0, 0.05) is 32.4 Å². The summed E-state index contributed by atoms with van der Waals surface area (Å²) in [7, 11) is 2.01. The zero-order chi connectivity index (χ0) is 16.2. The first-order chi connectivity index (χ1) is 11.2. The summed E-state index contributed by atoms with van der Waals surface area (Å²) in [4.78, 5) is 4.43. The molecular formula is C17H22ClN3O2. The van der Waals surface area contributed by atoms with Gasteiger partial charge in [0.2, 0.25) is 0 Å². The van der Waals surface area contributed by atoms with E-state index >= 15 is 0 Å². The van der Waals surface area contributed by atoms with Crippen LogP contribution in [0.2, 0.25) is 5.02 Å². The van der Waals surface area contributed by atoms with E-state index in [4.69, 9.17) is 21.1 Å². The van der Waals surface area contributed by atoms with Crippen LogP contribution in [0.25, 0.3) is 0 Å². The minimum atomic E-state index is 0.199. The van der Waals surface area contributed by atoms with Crippen LogP contribution in [-0.2, 0) is 13.6 Å². The molecule has 124 valence electrons. The van der Waals surface area contributed by atoms with Crippen LogP contribution in [0.3, 0.4) is 0 Å². The number of ether oxygens (including phenoxy) is 2. The highest BCUT2D eigenvalue weighted by atomic mass is 35.5. The Morgan fingerprint density at radius 2 is 2.17 bits per heavy atom. The normalized spacial score (nSPS) is 15.3. The van der Waals surface area contributed by atoms with Gasteiger partial charge in [-0.05, 0) is 24.1 Å². The van der Waals surface area contributed by atoms with Crippen molar-refractivity contribution in [3.05, 3.63) is 40.9 Å². The summed E-state index contributed by atoms with van der Waals surface area (Å²) in [5, 5.41) is 4.14. The third-order valence-electron chi connectivity index (χ3n) is 3.99. The van der Waals surface area contributed by atoms with Crippen molar-refractivity contribution >= 4 is 11.6 Å². The zero-order valence-corrected chi connectivity index (χ0v) is 14.3. The molecule has 1 unspecified atom stereocenters. The fourth-order valence-corrected chi connectivity index (χ4v) is 3.05. The van der Waals surface area contributed by atoms with E-state index in [9.17, 15) is 0 Å². The Hall–Kier alpha value is -1.72. The molecule has 1 aliphatic heterocycles. The molecule has 1 aromatic carbocycles. The second kappa shape index (κ2) is 7.23. The molecule has 2 aromatic rings. The van der Waals surface area contributed by atoms with Crippen molar-refractivity contribution in [3.8, 4) is 11.5 Å². The lowest BCUT2D eigenvalue weighted by molar-refractivity contribution is 0.297. The fraction of sp³-hybridized carbons (Fsp3) is 0.471. The quantitative estimate of drug-likeness (QED) is 0.908. The highest BCUT2D eigenvalue weighted by molar-refractivity contribution is 6.32. The first-order valence-electron chi connectivity index (χ1n) is 7.97. The molecule has 1 aromatic heterocycles. The standard InChI is InChI=1S/C17H22ClN3O2/c1-3-14(17-19-5-6-21(17)2)20-11-12-9-13(18)16-15(10-12)22-7-4-8-23-16/h5-6,9-10,14,20H,3-4,7-8,11H2,1-2H3. The molecule has 6 heteroatoms. The molecule has 2 heterocycles. The molecule has 0 aliphatic carbocycles. The molecule has 0 fully saturated rings. The molecule has 0 radical (unpaired) electrons. The fourth-order valence-electron chi connectivity index (χ4n) is 2.76. The van der Waals surface area contributed by atoms with Gasteiger partial charge in [0.25, 0.3) is 0 Å². The van der Waals surface area contributed by atoms with Crippen LogP contribution in [-0.4, -0.2) is 22.8 Å². The summed E-state index contributed by atoms with van der Waals surface area (Å²) >= 11 is 6.34. The summed E-state index contributed by atoms with van der Waals surface area (Å²) in [5.74, 6) is 2.42. The molecule has 1 aliphatic rings. The van der Waals surface area contributed by atoms with Gasteiger partial charge < -0.3 is 19.4 Å². The number of fused-ring (bicyclic) bond motifs is 1. The van der Waals surface area contributed by atoms with E-state index in [0.29, 0.717) is 30.5 Å². The van der Waals surface area contributed by atoms with Gasteiger partial charge in [0.05, 0.1) is 24.3 Å². The number of nitrogens with zero attached hydrogens (tertiary/aromatic N) is 2. The Bertz CT molecular complexity index is 672. The van der Waals surface area contributed by atoms with Crippen molar-refractivity contribution < 1.29 is 9.47 Å². The van der Waals surface area contributed by atoms with Crippen molar-refractivity contribution in [1.82, 2.24) is 14.9 Å². The maximum Gasteiger partial charge on any atom is 0.179 e. The molecule has 1 atom stereocenters. The van der Waals surface area contributed by atoms with Crippen LogP contribution in [0, 0.1) is 0 Å². The highest BCUT2D eigenvalue weighted by Crippen LogP contribution is 2.38. The molecule has 0 saturated carbocycles. The number of hydrogen-bond acceptors (Lipinski definition) is 4. The number of hydrogen-bond donors (Lipinski definition) is 1. The lowest BCUT2D eigenvalue weighted by Crippen LogP contribution is -2.23. The Kier molecular flexibility index (Phi) is 5.08. The van der Waals surface area contributed by atoms with E-state index in [1.54, 1.807) is 0 Å². The van der Waals surface area contributed by atoms with Gasteiger partial charge >= 0.3 is 0 Å². The smallest absolute Gasteiger partial charge is 0.179 e. The minimum Gasteiger partial charge on any atom is -0.489 e. The lowest BCUT2D eigenvalue weighted by atomic mass is 10.1. The topological polar surface area (TPSA) is 48.3 Å². The van der Waals surface area contributed by atoms with Crippen molar-refractivity contribution in [1.29, 1.82) is 0 Å². The van der Waals surface area contributed by atoms with Gasteiger partial charge in [-0.1, -0.05) is 18.5 Å². The summed E-state index contributed by atoms with van der Waals surface area (Å²) in [6, 6.07) is 4.14. The molecule has 0 saturated heterocycles. The second-order valence-electron chi connectivity index (χ2n) is 5.69. The van der Waals surface area contributed by atoms with E-state index < -0.39 is 0 Å². The second-order valence-corrected chi connectivity index (χ2v) is 6.10. The third kappa shape index (κ3) is 3.62. The number of halogens is 1. The number of nitrogens with one attached hydrogen (secondary N) is 1. The van der Waals surface area contributed by atoms with Crippen LogP contribution in [0.4, 0.5) is 0 Å². The van der Waals surface area contributed by atoms with Gasteiger partial charge in [0.1, 0.15) is 5.82 Å². The largest absolute Gasteiger partial charge is 0.489 e. The summed E-state index contributed by atoms with van der Waals surface area (Å²) in [6.45, 7) is 4.14. The Balaban J connectivity index is 1.74.